The minimum atomic E-state index is -0.544. The maximum Gasteiger partial charge on any atom is 0.338 e. The van der Waals surface area contributed by atoms with E-state index in [-0.39, 0.29) is 12.5 Å². The van der Waals surface area contributed by atoms with Gasteiger partial charge in [0.15, 0.2) is 6.61 Å². The van der Waals surface area contributed by atoms with Crippen molar-refractivity contribution in [2.24, 2.45) is 0 Å². The zero-order chi connectivity index (χ0) is 17.4. The van der Waals surface area contributed by atoms with Gasteiger partial charge >= 0.3 is 5.97 Å². The average molecular weight is 327 g/mol. The summed E-state index contributed by atoms with van der Waals surface area (Å²) < 4.78 is 10.5. The number of anilines is 1. The Balaban J connectivity index is 1.84. The van der Waals surface area contributed by atoms with Crippen molar-refractivity contribution in [3.8, 4) is 5.75 Å². The fourth-order valence-corrected chi connectivity index (χ4v) is 2.02. The van der Waals surface area contributed by atoms with E-state index in [0.717, 1.165) is 12.0 Å². The lowest BCUT2D eigenvalue weighted by atomic mass is 10.2. The molecule has 0 saturated heterocycles. The zero-order valence-corrected chi connectivity index (χ0v) is 13.9. The third-order valence-electron chi connectivity index (χ3n) is 3.32. The van der Waals surface area contributed by atoms with Crippen molar-refractivity contribution in [1.29, 1.82) is 0 Å². The van der Waals surface area contributed by atoms with Gasteiger partial charge in [-0.2, -0.15) is 0 Å². The molecule has 0 unspecified atom stereocenters. The molecule has 24 heavy (non-hydrogen) atoms. The summed E-state index contributed by atoms with van der Waals surface area (Å²) in [7, 11) is 0. The quantitative estimate of drug-likeness (QED) is 0.790. The molecule has 0 fully saturated rings. The van der Waals surface area contributed by atoms with Crippen LogP contribution in [0.25, 0.3) is 0 Å². The molecule has 1 amide bonds. The van der Waals surface area contributed by atoms with E-state index < -0.39 is 5.97 Å². The number of carbonyl (C=O) groups is 2. The highest BCUT2D eigenvalue weighted by molar-refractivity contribution is 5.95. The molecule has 0 aromatic heterocycles. The predicted molar refractivity (Wildman–Crippen MR) is 92.3 cm³/mol. The summed E-state index contributed by atoms with van der Waals surface area (Å²) in [5.41, 5.74) is 2.03. The summed E-state index contributed by atoms with van der Waals surface area (Å²) in [6.45, 7) is 4.21. The van der Waals surface area contributed by atoms with Gasteiger partial charge in [-0.15, -0.1) is 0 Å². The molecule has 0 saturated carbocycles. The Bertz CT molecular complexity index is 695. The molecule has 0 aliphatic rings. The highest BCUT2D eigenvalue weighted by Gasteiger charge is 2.11. The minimum Gasteiger partial charge on any atom is -0.494 e. The molecule has 2 aromatic rings. The number of carbonyl (C=O) groups excluding carboxylic acids is 2. The Labute approximate surface area is 141 Å². The monoisotopic (exact) mass is 327 g/mol. The number of hydrogen-bond acceptors (Lipinski definition) is 4. The molecule has 0 spiro atoms. The van der Waals surface area contributed by atoms with E-state index in [1.165, 1.54) is 0 Å². The Hall–Kier alpha value is -2.82. The molecule has 5 nitrogen and oxygen atoms in total. The summed E-state index contributed by atoms with van der Waals surface area (Å²) >= 11 is 0. The third-order valence-corrected chi connectivity index (χ3v) is 3.32. The zero-order valence-electron chi connectivity index (χ0n) is 13.9. The van der Waals surface area contributed by atoms with E-state index >= 15 is 0 Å². The Morgan fingerprint density at radius 3 is 2.42 bits per heavy atom. The summed E-state index contributed by atoms with van der Waals surface area (Å²) in [6.07, 6.45) is 0.916. The number of hydrogen-bond donors (Lipinski definition) is 1. The van der Waals surface area contributed by atoms with Crippen LogP contribution < -0.4 is 10.1 Å². The first-order valence-electron chi connectivity index (χ1n) is 7.85. The number of aryl methyl sites for hydroxylation is 1. The molecule has 0 aliphatic heterocycles. The van der Waals surface area contributed by atoms with Crippen molar-refractivity contribution in [3.05, 3.63) is 59.7 Å². The van der Waals surface area contributed by atoms with Crippen LogP contribution in [0, 0.1) is 6.92 Å². The second kappa shape index (κ2) is 8.72. The number of rotatable bonds is 7. The lowest BCUT2D eigenvalue weighted by Crippen LogP contribution is -2.21. The molecule has 126 valence electrons. The summed E-state index contributed by atoms with van der Waals surface area (Å²) in [4.78, 5) is 23.8. The number of esters is 1. The standard InChI is InChI=1S/C19H21NO4/c1-3-12-23-16-10-8-15(9-11-16)19(22)24-13-18(21)20-17-7-5-4-6-14(17)2/h4-11H,3,12-13H2,1-2H3,(H,20,21). The van der Waals surface area contributed by atoms with E-state index in [1.54, 1.807) is 30.3 Å². The molecular weight excluding hydrogens is 306 g/mol. The van der Waals surface area contributed by atoms with E-state index in [2.05, 4.69) is 5.32 Å². The van der Waals surface area contributed by atoms with E-state index in [1.807, 2.05) is 32.0 Å². The van der Waals surface area contributed by atoms with E-state index in [0.29, 0.717) is 23.6 Å². The highest BCUT2D eigenvalue weighted by atomic mass is 16.5. The van der Waals surface area contributed by atoms with Gasteiger partial charge in [-0.3, -0.25) is 4.79 Å². The fourth-order valence-electron chi connectivity index (χ4n) is 2.02. The van der Waals surface area contributed by atoms with Crippen LogP contribution in [0.5, 0.6) is 5.75 Å². The highest BCUT2D eigenvalue weighted by Crippen LogP contribution is 2.14. The van der Waals surface area contributed by atoms with Gasteiger partial charge in [0.05, 0.1) is 12.2 Å². The number of benzene rings is 2. The lowest BCUT2D eigenvalue weighted by molar-refractivity contribution is -0.119. The van der Waals surface area contributed by atoms with Gasteiger partial charge in [0.1, 0.15) is 5.75 Å². The first-order valence-corrected chi connectivity index (χ1v) is 7.85. The van der Waals surface area contributed by atoms with Gasteiger partial charge in [0, 0.05) is 5.69 Å². The number of ether oxygens (including phenoxy) is 2. The fraction of sp³-hybridized carbons (Fsp3) is 0.263. The topological polar surface area (TPSA) is 64.6 Å². The van der Waals surface area contributed by atoms with Gasteiger partial charge in [0.2, 0.25) is 0 Å². The van der Waals surface area contributed by atoms with Gasteiger partial charge < -0.3 is 14.8 Å². The molecule has 0 atom stereocenters. The van der Waals surface area contributed by atoms with Gasteiger partial charge in [0.25, 0.3) is 5.91 Å². The van der Waals surface area contributed by atoms with Crippen molar-refractivity contribution in [1.82, 2.24) is 0 Å². The minimum absolute atomic E-state index is 0.332. The first-order chi connectivity index (χ1) is 11.6. The van der Waals surface area contributed by atoms with Crippen LogP contribution in [-0.4, -0.2) is 25.1 Å². The van der Waals surface area contributed by atoms with Crippen LogP contribution in [0.15, 0.2) is 48.5 Å². The Morgan fingerprint density at radius 1 is 1.04 bits per heavy atom. The molecule has 1 N–H and O–H groups in total. The molecular formula is C19H21NO4. The molecule has 0 radical (unpaired) electrons. The van der Waals surface area contributed by atoms with Crippen LogP contribution in [0.2, 0.25) is 0 Å². The smallest absolute Gasteiger partial charge is 0.338 e. The van der Waals surface area contributed by atoms with Crippen LogP contribution in [0.4, 0.5) is 5.69 Å². The number of nitrogens with one attached hydrogen (secondary N) is 1. The van der Waals surface area contributed by atoms with Crippen LogP contribution in [0.3, 0.4) is 0 Å². The van der Waals surface area contributed by atoms with Crippen molar-refractivity contribution in [2.75, 3.05) is 18.5 Å². The number of para-hydroxylation sites is 1. The average Bonchev–Trinajstić information content (AvgIpc) is 2.60. The molecule has 0 bridgehead atoms. The maximum absolute atomic E-state index is 12.0. The summed E-state index contributed by atoms with van der Waals surface area (Å²) in [5, 5.41) is 2.71. The van der Waals surface area contributed by atoms with Crippen LogP contribution >= 0.6 is 0 Å². The van der Waals surface area contributed by atoms with Crippen LogP contribution in [-0.2, 0) is 9.53 Å². The molecule has 2 aromatic carbocycles. The third kappa shape index (κ3) is 5.12. The van der Waals surface area contributed by atoms with Crippen molar-refractivity contribution in [2.45, 2.75) is 20.3 Å². The normalized spacial score (nSPS) is 10.1. The largest absolute Gasteiger partial charge is 0.494 e. The van der Waals surface area contributed by atoms with Crippen LogP contribution in [0.1, 0.15) is 29.3 Å². The van der Waals surface area contributed by atoms with Gasteiger partial charge in [-0.05, 0) is 49.2 Å². The summed E-state index contributed by atoms with van der Waals surface area (Å²) in [5.74, 6) is -0.219. The Kier molecular flexibility index (Phi) is 6.37. The Morgan fingerprint density at radius 2 is 1.75 bits per heavy atom. The van der Waals surface area contributed by atoms with E-state index in [9.17, 15) is 9.59 Å². The van der Waals surface area contributed by atoms with Crippen molar-refractivity contribution in [3.63, 3.8) is 0 Å². The van der Waals surface area contributed by atoms with E-state index in [4.69, 9.17) is 9.47 Å². The second-order valence-corrected chi connectivity index (χ2v) is 5.31. The van der Waals surface area contributed by atoms with Crippen molar-refractivity contribution >= 4 is 17.6 Å². The second-order valence-electron chi connectivity index (χ2n) is 5.31. The molecule has 0 aliphatic carbocycles. The summed E-state index contributed by atoms with van der Waals surface area (Å²) in [6, 6.07) is 14.1. The molecule has 2 rings (SSSR count). The molecule has 5 heteroatoms. The SMILES string of the molecule is CCCOc1ccc(C(=O)OCC(=O)Nc2ccccc2C)cc1. The van der Waals surface area contributed by atoms with Gasteiger partial charge in [-0.1, -0.05) is 25.1 Å². The first kappa shape index (κ1) is 17.5. The van der Waals surface area contributed by atoms with Gasteiger partial charge in [-0.25, -0.2) is 4.79 Å². The lowest BCUT2D eigenvalue weighted by Gasteiger charge is -2.09. The maximum atomic E-state index is 12.0. The predicted octanol–water partition coefficient (Wildman–Crippen LogP) is 3.58. The van der Waals surface area contributed by atoms with Crippen molar-refractivity contribution < 1.29 is 19.1 Å². The molecule has 0 heterocycles. The number of amides is 1.